The summed E-state index contributed by atoms with van der Waals surface area (Å²) in [6.07, 6.45) is 2.66. The van der Waals surface area contributed by atoms with Crippen LogP contribution in [0, 0.1) is 5.82 Å². The summed E-state index contributed by atoms with van der Waals surface area (Å²) in [7, 11) is 0. The molecule has 0 spiro atoms. The van der Waals surface area contributed by atoms with Crippen LogP contribution < -0.4 is 11.3 Å². The van der Waals surface area contributed by atoms with Gasteiger partial charge in [-0.05, 0) is 23.8 Å². The van der Waals surface area contributed by atoms with Crippen LogP contribution in [0.25, 0.3) is 11.0 Å². The molecule has 0 saturated heterocycles. The normalized spacial score (nSPS) is 12.8. The molecule has 6 heteroatoms. The maximum atomic E-state index is 13.3. The number of hydrogen-bond donors (Lipinski definition) is 2. The number of hydrazine groups is 1. The molecule has 3 aromatic rings. The number of halogens is 2. The van der Waals surface area contributed by atoms with Gasteiger partial charge in [-0.3, -0.25) is 10.8 Å². The molecule has 20 heavy (non-hydrogen) atoms. The Morgan fingerprint density at radius 1 is 1.30 bits per heavy atom. The molecule has 102 valence electrons. The Hall–Kier alpha value is -1.95. The molecule has 4 nitrogen and oxygen atoms in total. The van der Waals surface area contributed by atoms with E-state index >= 15 is 0 Å². The van der Waals surface area contributed by atoms with Crippen LogP contribution in [0.5, 0.6) is 0 Å². The first-order chi connectivity index (χ1) is 9.69. The van der Waals surface area contributed by atoms with Crippen LogP contribution in [0.4, 0.5) is 4.39 Å². The molecule has 0 bridgehead atoms. The Balaban J connectivity index is 2.09. The summed E-state index contributed by atoms with van der Waals surface area (Å²) >= 11 is 6.07. The van der Waals surface area contributed by atoms with Crippen molar-refractivity contribution in [2.75, 3.05) is 0 Å². The molecule has 1 unspecified atom stereocenters. The zero-order valence-corrected chi connectivity index (χ0v) is 11.1. The number of fused-ring (bicyclic) bond motifs is 1. The first-order valence-electron chi connectivity index (χ1n) is 5.93. The fraction of sp³-hybridized carbons (Fsp3) is 0.0714. The molecule has 2 aromatic heterocycles. The third-order valence-electron chi connectivity index (χ3n) is 3.03. The third-order valence-corrected chi connectivity index (χ3v) is 3.32. The molecule has 1 aromatic carbocycles. The van der Waals surface area contributed by atoms with E-state index in [2.05, 4.69) is 10.4 Å². The standard InChI is InChI=1S/C14H11ClFN3O/c15-11-3-1-2-8-5-12(20-14(8)11)13(19-17)9-4-10(16)7-18-6-9/h1-7,13,19H,17H2. The summed E-state index contributed by atoms with van der Waals surface area (Å²) in [5.41, 5.74) is 3.75. The molecule has 0 radical (unpaired) electrons. The summed E-state index contributed by atoms with van der Waals surface area (Å²) in [5.74, 6) is 5.66. The van der Waals surface area contributed by atoms with E-state index in [0.29, 0.717) is 21.9 Å². The van der Waals surface area contributed by atoms with Gasteiger partial charge in [-0.25, -0.2) is 9.82 Å². The summed E-state index contributed by atoms with van der Waals surface area (Å²) in [6, 6.07) is 8.13. The molecular formula is C14H11ClFN3O. The van der Waals surface area contributed by atoms with Gasteiger partial charge in [-0.1, -0.05) is 23.7 Å². The number of pyridine rings is 1. The van der Waals surface area contributed by atoms with Gasteiger partial charge in [-0.2, -0.15) is 0 Å². The van der Waals surface area contributed by atoms with E-state index in [1.807, 2.05) is 18.2 Å². The molecule has 0 amide bonds. The average Bonchev–Trinajstić information content (AvgIpc) is 2.85. The van der Waals surface area contributed by atoms with Crippen molar-refractivity contribution >= 4 is 22.6 Å². The number of aromatic nitrogens is 1. The van der Waals surface area contributed by atoms with Gasteiger partial charge in [-0.15, -0.1) is 0 Å². The molecule has 3 rings (SSSR count). The molecule has 0 aliphatic carbocycles. The summed E-state index contributed by atoms with van der Waals surface area (Å²) in [5, 5.41) is 1.37. The quantitative estimate of drug-likeness (QED) is 0.575. The van der Waals surface area contributed by atoms with E-state index in [4.69, 9.17) is 21.9 Å². The number of hydrogen-bond acceptors (Lipinski definition) is 4. The number of nitrogens with two attached hydrogens (primary N) is 1. The molecule has 0 aliphatic heterocycles. The fourth-order valence-electron chi connectivity index (χ4n) is 2.12. The largest absolute Gasteiger partial charge is 0.457 e. The molecule has 2 heterocycles. The van der Waals surface area contributed by atoms with Crippen LogP contribution in [0.3, 0.4) is 0 Å². The Morgan fingerprint density at radius 3 is 2.85 bits per heavy atom. The van der Waals surface area contributed by atoms with Crippen molar-refractivity contribution in [2.24, 2.45) is 5.84 Å². The van der Waals surface area contributed by atoms with Gasteiger partial charge in [0.05, 0.1) is 11.2 Å². The van der Waals surface area contributed by atoms with Crippen molar-refractivity contribution in [2.45, 2.75) is 6.04 Å². The van der Waals surface area contributed by atoms with Gasteiger partial charge in [0.15, 0.2) is 5.58 Å². The van der Waals surface area contributed by atoms with Crippen molar-refractivity contribution in [1.29, 1.82) is 0 Å². The van der Waals surface area contributed by atoms with Crippen LogP contribution in [-0.2, 0) is 0 Å². The number of benzene rings is 1. The second-order valence-corrected chi connectivity index (χ2v) is 4.75. The van der Waals surface area contributed by atoms with Crippen LogP contribution in [0.1, 0.15) is 17.4 Å². The summed E-state index contributed by atoms with van der Waals surface area (Å²) in [6.45, 7) is 0. The van der Waals surface area contributed by atoms with Gasteiger partial charge in [0, 0.05) is 11.6 Å². The van der Waals surface area contributed by atoms with Crippen LogP contribution in [0.15, 0.2) is 47.1 Å². The zero-order chi connectivity index (χ0) is 14.1. The zero-order valence-electron chi connectivity index (χ0n) is 10.3. The van der Waals surface area contributed by atoms with Crippen LogP contribution in [0.2, 0.25) is 5.02 Å². The van der Waals surface area contributed by atoms with Gasteiger partial charge >= 0.3 is 0 Å². The molecule has 3 N–H and O–H groups in total. The first-order valence-corrected chi connectivity index (χ1v) is 6.31. The van der Waals surface area contributed by atoms with E-state index < -0.39 is 11.9 Å². The highest BCUT2D eigenvalue weighted by Gasteiger charge is 2.19. The molecule has 0 aliphatic rings. The highest BCUT2D eigenvalue weighted by atomic mass is 35.5. The summed E-state index contributed by atoms with van der Waals surface area (Å²) in [4.78, 5) is 3.81. The van der Waals surface area contributed by atoms with E-state index in [-0.39, 0.29) is 0 Å². The monoisotopic (exact) mass is 291 g/mol. The smallest absolute Gasteiger partial charge is 0.152 e. The topological polar surface area (TPSA) is 64.1 Å². The van der Waals surface area contributed by atoms with Crippen LogP contribution >= 0.6 is 11.6 Å². The fourth-order valence-corrected chi connectivity index (χ4v) is 2.34. The second kappa shape index (κ2) is 5.20. The predicted octanol–water partition coefficient (Wildman–Crippen LogP) is 3.17. The van der Waals surface area contributed by atoms with E-state index in [0.717, 1.165) is 11.6 Å². The SMILES string of the molecule is NNC(c1cncc(F)c1)c1cc2cccc(Cl)c2o1. The van der Waals surface area contributed by atoms with Crippen LogP contribution in [-0.4, -0.2) is 4.98 Å². The Morgan fingerprint density at radius 2 is 2.15 bits per heavy atom. The van der Waals surface area contributed by atoms with E-state index in [1.165, 1.54) is 12.3 Å². The Bertz CT molecular complexity index is 759. The lowest BCUT2D eigenvalue weighted by Gasteiger charge is -2.13. The second-order valence-electron chi connectivity index (χ2n) is 4.34. The van der Waals surface area contributed by atoms with Crippen molar-refractivity contribution in [3.05, 3.63) is 64.9 Å². The Labute approximate surface area is 119 Å². The minimum absolute atomic E-state index is 0.433. The number of nitrogens with zero attached hydrogens (tertiary/aromatic N) is 1. The highest BCUT2D eigenvalue weighted by molar-refractivity contribution is 6.34. The lowest BCUT2D eigenvalue weighted by molar-refractivity contribution is 0.474. The Kier molecular flexibility index (Phi) is 3.40. The van der Waals surface area contributed by atoms with E-state index in [1.54, 1.807) is 6.07 Å². The van der Waals surface area contributed by atoms with Gasteiger partial charge < -0.3 is 4.42 Å². The number of rotatable bonds is 3. The third kappa shape index (κ3) is 2.27. The molecule has 0 fully saturated rings. The van der Waals surface area contributed by atoms with Gasteiger partial charge in [0.2, 0.25) is 0 Å². The number of furan rings is 1. The summed E-state index contributed by atoms with van der Waals surface area (Å²) < 4.78 is 19.0. The van der Waals surface area contributed by atoms with Crippen molar-refractivity contribution in [1.82, 2.24) is 10.4 Å². The van der Waals surface area contributed by atoms with Crippen molar-refractivity contribution < 1.29 is 8.81 Å². The minimum Gasteiger partial charge on any atom is -0.457 e. The van der Waals surface area contributed by atoms with Gasteiger partial charge in [0.1, 0.15) is 17.6 Å². The predicted molar refractivity (Wildman–Crippen MR) is 74.6 cm³/mol. The molecule has 0 saturated carbocycles. The minimum atomic E-state index is -0.498. The maximum Gasteiger partial charge on any atom is 0.152 e. The first kappa shape index (κ1) is 13.1. The van der Waals surface area contributed by atoms with Crippen molar-refractivity contribution in [3.8, 4) is 0 Å². The number of para-hydroxylation sites is 1. The average molecular weight is 292 g/mol. The highest BCUT2D eigenvalue weighted by Crippen LogP contribution is 2.31. The van der Waals surface area contributed by atoms with Gasteiger partial charge in [0.25, 0.3) is 0 Å². The lowest BCUT2D eigenvalue weighted by atomic mass is 10.1. The lowest BCUT2D eigenvalue weighted by Crippen LogP contribution is -2.28. The number of nitrogens with one attached hydrogen (secondary N) is 1. The molecule has 1 atom stereocenters. The van der Waals surface area contributed by atoms with E-state index in [9.17, 15) is 4.39 Å². The maximum absolute atomic E-state index is 13.3. The van der Waals surface area contributed by atoms with Crippen molar-refractivity contribution in [3.63, 3.8) is 0 Å². The molecular weight excluding hydrogens is 281 g/mol.